The van der Waals surface area contributed by atoms with Gasteiger partial charge in [0.05, 0.1) is 17.6 Å². The van der Waals surface area contributed by atoms with Crippen LogP contribution in [0.1, 0.15) is 44.6 Å². The first-order chi connectivity index (χ1) is 12.0. The highest BCUT2D eigenvalue weighted by Gasteiger charge is 2.39. The smallest absolute Gasteiger partial charge is 0.232 e. The van der Waals surface area contributed by atoms with Crippen LogP contribution in [0, 0.1) is 23.2 Å². The van der Waals surface area contributed by atoms with E-state index in [1.165, 1.54) is 0 Å². The van der Waals surface area contributed by atoms with Gasteiger partial charge in [-0.15, -0.1) is 0 Å². The van der Waals surface area contributed by atoms with Gasteiger partial charge in [-0.25, -0.2) is 0 Å². The lowest BCUT2D eigenvalue weighted by Gasteiger charge is -2.33. The lowest BCUT2D eigenvalue weighted by atomic mass is 9.86. The van der Waals surface area contributed by atoms with Crippen molar-refractivity contribution in [2.75, 3.05) is 18.5 Å². The molecule has 25 heavy (non-hydrogen) atoms. The number of carbonyl (C=O) groups excluding carboxylic acids is 2. The lowest BCUT2D eigenvalue weighted by Crippen LogP contribution is -2.40. The third-order valence-electron chi connectivity index (χ3n) is 5.63. The molecule has 2 amide bonds. The predicted octanol–water partition coefficient (Wildman–Crippen LogP) is 2.95. The van der Waals surface area contributed by atoms with Gasteiger partial charge in [-0.3, -0.25) is 9.59 Å². The van der Waals surface area contributed by atoms with Gasteiger partial charge in [0, 0.05) is 31.7 Å². The summed E-state index contributed by atoms with van der Waals surface area (Å²) in [7, 11) is 1.72. The van der Waals surface area contributed by atoms with Crippen LogP contribution in [-0.4, -0.2) is 36.3 Å². The number of rotatable bonds is 3. The van der Waals surface area contributed by atoms with Crippen molar-refractivity contribution >= 4 is 17.5 Å². The Morgan fingerprint density at radius 1 is 1.28 bits per heavy atom. The highest BCUT2D eigenvalue weighted by Crippen LogP contribution is 2.32. The van der Waals surface area contributed by atoms with Crippen LogP contribution in [0.25, 0.3) is 0 Å². The molecule has 1 aliphatic carbocycles. The van der Waals surface area contributed by atoms with E-state index in [2.05, 4.69) is 13.0 Å². The standard InChI is InChI=1S/C20H25N3O2/c1-14-6-8-17(9-7-14)23-13-16(11-19(23)24)20(25)22(2)18-5-3-4-15(10-18)12-21/h3-5,10,14,16-17H,6-9,11,13H2,1-2H3. The number of likely N-dealkylation sites (tertiary alicyclic amines) is 1. The molecule has 0 bridgehead atoms. The molecule has 2 fully saturated rings. The van der Waals surface area contributed by atoms with E-state index in [4.69, 9.17) is 5.26 Å². The van der Waals surface area contributed by atoms with Crippen molar-refractivity contribution < 1.29 is 9.59 Å². The molecule has 1 aromatic rings. The van der Waals surface area contributed by atoms with Crippen molar-refractivity contribution in [2.24, 2.45) is 11.8 Å². The number of hydrogen-bond acceptors (Lipinski definition) is 3. The second kappa shape index (κ2) is 7.26. The molecule has 0 aromatic heterocycles. The summed E-state index contributed by atoms with van der Waals surface area (Å²) in [5.41, 5.74) is 1.22. The van der Waals surface area contributed by atoms with E-state index in [9.17, 15) is 9.59 Å². The Balaban J connectivity index is 1.67. The van der Waals surface area contributed by atoms with Gasteiger partial charge >= 0.3 is 0 Å². The van der Waals surface area contributed by atoms with Crippen molar-refractivity contribution in [2.45, 2.75) is 45.1 Å². The molecule has 5 nitrogen and oxygen atoms in total. The Bertz CT molecular complexity index is 701. The van der Waals surface area contributed by atoms with E-state index in [0.29, 0.717) is 30.3 Å². The number of hydrogen-bond donors (Lipinski definition) is 0. The monoisotopic (exact) mass is 339 g/mol. The van der Waals surface area contributed by atoms with Crippen molar-refractivity contribution in [1.29, 1.82) is 5.26 Å². The second-order valence-electron chi connectivity index (χ2n) is 7.42. The number of amides is 2. The minimum atomic E-state index is -0.289. The fraction of sp³-hybridized carbons (Fsp3) is 0.550. The van der Waals surface area contributed by atoms with Crippen LogP contribution >= 0.6 is 0 Å². The van der Waals surface area contributed by atoms with E-state index < -0.39 is 0 Å². The molecule has 5 heteroatoms. The van der Waals surface area contributed by atoms with Crippen LogP contribution < -0.4 is 4.90 Å². The van der Waals surface area contributed by atoms with Gasteiger partial charge in [0.25, 0.3) is 0 Å². The molecular formula is C20H25N3O2. The zero-order chi connectivity index (χ0) is 18.0. The Kier molecular flexibility index (Phi) is 5.08. The normalized spacial score (nSPS) is 26.4. The largest absolute Gasteiger partial charge is 0.339 e. The summed E-state index contributed by atoms with van der Waals surface area (Å²) in [4.78, 5) is 28.8. The van der Waals surface area contributed by atoms with Crippen LogP contribution in [0.5, 0.6) is 0 Å². The minimum Gasteiger partial charge on any atom is -0.339 e. The van der Waals surface area contributed by atoms with Gasteiger partial charge in [-0.1, -0.05) is 13.0 Å². The molecule has 0 radical (unpaired) electrons. The highest BCUT2D eigenvalue weighted by atomic mass is 16.2. The molecule has 3 rings (SSSR count). The lowest BCUT2D eigenvalue weighted by molar-refractivity contribution is -0.130. The maximum atomic E-state index is 12.8. The molecule has 1 saturated heterocycles. The summed E-state index contributed by atoms with van der Waals surface area (Å²) < 4.78 is 0. The zero-order valence-electron chi connectivity index (χ0n) is 14.9. The molecule has 0 N–H and O–H groups in total. The van der Waals surface area contributed by atoms with Crippen LogP contribution in [-0.2, 0) is 9.59 Å². The van der Waals surface area contributed by atoms with Gasteiger partial charge in [0.15, 0.2) is 0 Å². The SMILES string of the molecule is CC1CCC(N2CC(C(=O)N(C)c3cccc(C#N)c3)CC2=O)CC1. The fourth-order valence-corrected chi connectivity index (χ4v) is 3.99. The summed E-state index contributed by atoms with van der Waals surface area (Å²) in [5, 5.41) is 9.02. The van der Waals surface area contributed by atoms with E-state index in [-0.39, 0.29) is 17.7 Å². The molecule has 132 valence electrons. The maximum Gasteiger partial charge on any atom is 0.232 e. The number of nitrogens with zero attached hydrogens (tertiary/aromatic N) is 3. The van der Waals surface area contributed by atoms with Crippen LogP contribution in [0.2, 0.25) is 0 Å². The molecule has 1 unspecified atom stereocenters. The molecule has 0 spiro atoms. The average molecular weight is 339 g/mol. The maximum absolute atomic E-state index is 12.8. The van der Waals surface area contributed by atoms with Gasteiger partial charge < -0.3 is 9.80 Å². The van der Waals surface area contributed by atoms with Gasteiger partial charge in [0.2, 0.25) is 11.8 Å². The first-order valence-electron chi connectivity index (χ1n) is 9.06. The van der Waals surface area contributed by atoms with E-state index >= 15 is 0 Å². The quantitative estimate of drug-likeness (QED) is 0.850. The first-order valence-corrected chi connectivity index (χ1v) is 9.06. The molecule has 1 aliphatic heterocycles. The molecule has 1 heterocycles. The topological polar surface area (TPSA) is 64.4 Å². The summed E-state index contributed by atoms with van der Waals surface area (Å²) in [6.07, 6.45) is 4.72. The van der Waals surface area contributed by atoms with Crippen molar-refractivity contribution in [1.82, 2.24) is 4.90 Å². The molecule has 1 aromatic carbocycles. The van der Waals surface area contributed by atoms with E-state index in [0.717, 1.165) is 31.6 Å². The Hall–Kier alpha value is -2.35. The number of anilines is 1. The van der Waals surface area contributed by atoms with Gasteiger partial charge in [-0.05, 0) is 49.8 Å². The summed E-state index contributed by atoms with van der Waals surface area (Å²) in [6.45, 7) is 2.79. The van der Waals surface area contributed by atoms with Gasteiger partial charge in [0.1, 0.15) is 0 Å². The molecule has 1 saturated carbocycles. The third kappa shape index (κ3) is 3.68. The average Bonchev–Trinajstić information content (AvgIpc) is 3.03. The second-order valence-corrected chi connectivity index (χ2v) is 7.42. The van der Waals surface area contributed by atoms with Crippen molar-refractivity contribution in [3.05, 3.63) is 29.8 Å². The Morgan fingerprint density at radius 3 is 2.68 bits per heavy atom. The zero-order valence-corrected chi connectivity index (χ0v) is 14.9. The van der Waals surface area contributed by atoms with Crippen LogP contribution in [0.4, 0.5) is 5.69 Å². The molecule has 2 aliphatic rings. The number of carbonyl (C=O) groups is 2. The Morgan fingerprint density at radius 2 is 2.00 bits per heavy atom. The Labute approximate surface area is 149 Å². The third-order valence-corrected chi connectivity index (χ3v) is 5.63. The fourth-order valence-electron chi connectivity index (χ4n) is 3.99. The molecule has 1 atom stereocenters. The van der Waals surface area contributed by atoms with Crippen LogP contribution in [0.15, 0.2) is 24.3 Å². The predicted molar refractivity (Wildman–Crippen MR) is 95.8 cm³/mol. The number of nitriles is 1. The summed E-state index contributed by atoms with van der Waals surface area (Å²) in [6, 6.07) is 9.40. The van der Waals surface area contributed by atoms with Crippen LogP contribution in [0.3, 0.4) is 0 Å². The first kappa shape index (κ1) is 17.5. The van der Waals surface area contributed by atoms with E-state index in [1.54, 1.807) is 30.1 Å². The summed E-state index contributed by atoms with van der Waals surface area (Å²) >= 11 is 0. The van der Waals surface area contributed by atoms with Crippen molar-refractivity contribution in [3.8, 4) is 6.07 Å². The highest BCUT2D eigenvalue weighted by molar-refractivity contribution is 5.98. The van der Waals surface area contributed by atoms with E-state index in [1.807, 2.05) is 11.0 Å². The van der Waals surface area contributed by atoms with Gasteiger partial charge in [-0.2, -0.15) is 5.26 Å². The summed E-state index contributed by atoms with van der Waals surface area (Å²) in [5.74, 6) is 0.514. The van der Waals surface area contributed by atoms with Crippen molar-refractivity contribution in [3.63, 3.8) is 0 Å². The molecular weight excluding hydrogens is 314 g/mol. The number of benzene rings is 1. The minimum absolute atomic E-state index is 0.0462.